The first-order valence-corrected chi connectivity index (χ1v) is 12.9. The van der Waals surface area contributed by atoms with E-state index in [0.29, 0.717) is 15.4 Å². The normalized spacial score (nSPS) is 20.6. The summed E-state index contributed by atoms with van der Waals surface area (Å²) in [6, 6.07) is 1.14. The molecular weight excluding hydrogens is 533 g/mol. The summed E-state index contributed by atoms with van der Waals surface area (Å²) in [5.74, 6) is -2.96. The van der Waals surface area contributed by atoms with Gasteiger partial charge in [-0.05, 0) is 49.6 Å². The highest BCUT2D eigenvalue weighted by molar-refractivity contribution is 7.89. The van der Waals surface area contributed by atoms with E-state index in [2.05, 4.69) is 19.9 Å². The number of carbonyl (C=O) groups is 1. The molecule has 4 heterocycles. The maximum atomic E-state index is 14.6. The van der Waals surface area contributed by atoms with E-state index in [4.69, 9.17) is 0 Å². The van der Waals surface area contributed by atoms with Crippen LogP contribution in [0.5, 0.6) is 0 Å². The Morgan fingerprint density at radius 1 is 1.13 bits per heavy atom. The number of carbonyl (C=O) groups excluding carboxylic acids is 1. The number of rotatable bonds is 7. The van der Waals surface area contributed by atoms with E-state index in [9.17, 15) is 35.2 Å². The molecule has 0 amide bonds. The minimum atomic E-state index is -4.69. The van der Waals surface area contributed by atoms with Crippen molar-refractivity contribution in [2.75, 3.05) is 0 Å². The van der Waals surface area contributed by atoms with Crippen LogP contribution in [0.3, 0.4) is 0 Å². The maximum Gasteiger partial charge on any atom is 0.451 e. The van der Waals surface area contributed by atoms with Gasteiger partial charge in [0.1, 0.15) is 6.17 Å². The molecule has 38 heavy (non-hydrogen) atoms. The maximum absolute atomic E-state index is 14.6. The second kappa shape index (κ2) is 10.4. The number of pyridine rings is 2. The summed E-state index contributed by atoms with van der Waals surface area (Å²) in [5.41, 5.74) is 1.80. The van der Waals surface area contributed by atoms with E-state index >= 15 is 0 Å². The summed E-state index contributed by atoms with van der Waals surface area (Å²) >= 11 is 0. The van der Waals surface area contributed by atoms with Gasteiger partial charge in [0.15, 0.2) is 11.6 Å². The van der Waals surface area contributed by atoms with Gasteiger partial charge in [0.05, 0.1) is 17.8 Å². The number of hydrogen-bond acceptors (Lipinski definition) is 7. The van der Waals surface area contributed by atoms with Crippen molar-refractivity contribution in [3.8, 4) is 11.3 Å². The highest BCUT2D eigenvalue weighted by atomic mass is 32.2. The van der Waals surface area contributed by atoms with Gasteiger partial charge in [0.25, 0.3) is 10.0 Å². The summed E-state index contributed by atoms with van der Waals surface area (Å²) in [5, 5.41) is -0.882. The molecule has 3 aromatic rings. The van der Waals surface area contributed by atoms with Crippen LogP contribution < -0.4 is 0 Å². The Hall–Kier alpha value is -3.39. The van der Waals surface area contributed by atoms with Crippen LogP contribution in [0.2, 0.25) is 0 Å². The zero-order chi connectivity index (χ0) is 27.8. The molecule has 3 atom stereocenters. The molecule has 0 bridgehead atoms. The Balaban J connectivity index is 1.54. The first-order valence-electron chi connectivity index (χ1n) is 11.5. The quantitative estimate of drug-likeness (QED) is 0.405. The summed E-state index contributed by atoms with van der Waals surface area (Å²) < 4.78 is 94.1. The molecule has 0 radical (unpaired) electrons. The molecule has 4 rings (SSSR count). The van der Waals surface area contributed by atoms with E-state index in [1.54, 1.807) is 13.0 Å². The number of halogens is 5. The Kier molecular flexibility index (Phi) is 7.57. The molecule has 1 saturated heterocycles. The topological polar surface area (TPSA) is 106 Å². The van der Waals surface area contributed by atoms with Crippen molar-refractivity contribution >= 4 is 15.8 Å². The van der Waals surface area contributed by atoms with Crippen LogP contribution in [0, 0.1) is 12.7 Å². The molecule has 202 valence electrons. The predicted octanol–water partition coefficient (Wildman–Crippen LogP) is 4.09. The van der Waals surface area contributed by atoms with Crippen LogP contribution in [0.25, 0.3) is 11.3 Å². The lowest BCUT2D eigenvalue weighted by Crippen LogP contribution is -2.45. The summed E-state index contributed by atoms with van der Waals surface area (Å²) in [6.45, 7) is 3.03. The first kappa shape index (κ1) is 27.6. The summed E-state index contributed by atoms with van der Waals surface area (Å²) in [7, 11) is -4.61. The molecule has 0 aliphatic carbocycles. The van der Waals surface area contributed by atoms with Gasteiger partial charge in [-0.1, -0.05) is 0 Å². The molecule has 0 N–H and O–H groups in total. The van der Waals surface area contributed by atoms with Gasteiger partial charge < -0.3 is 0 Å². The monoisotopic (exact) mass is 555 g/mol. The highest BCUT2D eigenvalue weighted by Gasteiger charge is 2.49. The zero-order valence-electron chi connectivity index (χ0n) is 20.2. The third kappa shape index (κ3) is 5.41. The molecule has 0 aromatic carbocycles. The molecule has 1 fully saturated rings. The van der Waals surface area contributed by atoms with E-state index in [0.717, 1.165) is 24.7 Å². The summed E-state index contributed by atoms with van der Waals surface area (Å²) in [4.78, 5) is 27.6. The Labute approximate surface area is 215 Å². The highest BCUT2D eigenvalue weighted by Crippen LogP contribution is 2.34. The smallest absolute Gasteiger partial charge is 0.298 e. The average molecular weight is 556 g/mol. The molecule has 3 aromatic heterocycles. The van der Waals surface area contributed by atoms with Crippen molar-refractivity contribution < 1.29 is 35.2 Å². The summed E-state index contributed by atoms with van der Waals surface area (Å²) in [6.07, 6.45) is -2.22. The second-order valence-corrected chi connectivity index (χ2v) is 10.6. The van der Waals surface area contributed by atoms with Crippen LogP contribution in [-0.4, -0.2) is 56.7 Å². The predicted molar refractivity (Wildman–Crippen MR) is 124 cm³/mol. The molecule has 0 unspecified atom stereocenters. The number of aromatic nitrogens is 4. The average Bonchev–Trinajstić information content (AvgIpc) is 3.18. The van der Waals surface area contributed by atoms with Gasteiger partial charge in [0.2, 0.25) is 10.9 Å². The van der Waals surface area contributed by atoms with Crippen LogP contribution in [0.1, 0.15) is 36.7 Å². The van der Waals surface area contributed by atoms with E-state index in [1.165, 1.54) is 19.2 Å². The number of ketones is 1. The van der Waals surface area contributed by atoms with Crippen LogP contribution >= 0.6 is 0 Å². The largest absolute Gasteiger partial charge is 0.451 e. The third-order valence-corrected chi connectivity index (χ3v) is 8.29. The van der Waals surface area contributed by atoms with Gasteiger partial charge in [0, 0.05) is 43.2 Å². The number of nitrogens with zero attached hydrogens (tertiary/aromatic N) is 5. The number of sulfonamides is 1. The van der Waals surface area contributed by atoms with Crippen molar-refractivity contribution in [2.45, 2.75) is 62.6 Å². The van der Waals surface area contributed by atoms with Gasteiger partial charge >= 0.3 is 6.18 Å². The van der Waals surface area contributed by atoms with Crippen molar-refractivity contribution in [3.05, 3.63) is 65.8 Å². The van der Waals surface area contributed by atoms with E-state index in [1.807, 2.05) is 0 Å². The fraction of sp³-hybridized carbons (Fsp3) is 0.375. The Bertz CT molecular complexity index is 1450. The minimum absolute atomic E-state index is 0.120. The Morgan fingerprint density at radius 3 is 2.45 bits per heavy atom. The van der Waals surface area contributed by atoms with Crippen molar-refractivity contribution in [3.63, 3.8) is 0 Å². The van der Waals surface area contributed by atoms with Crippen molar-refractivity contribution in [1.82, 2.24) is 24.2 Å². The standard InChI is InChI=1S/C24H22F5N5O3S/c1-13-10-31-19(16-11-32-23(33-12-16)24(27,28)29)8-15(13)5-6-21(35)20-9-18(26)14(2)34(20)38(36,37)22-17(25)4-3-7-30-22/h3-4,7-8,10-12,14,18,20H,5-6,9H2,1-2H3/t14-,18+,20-/m0/s1. The fourth-order valence-electron chi connectivity index (χ4n) is 4.30. The third-order valence-electron chi connectivity index (χ3n) is 6.36. The van der Waals surface area contributed by atoms with Crippen molar-refractivity contribution in [2.24, 2.45) is 0 Å². The van der Waals surface area contributed by atoms with E-state index < -0.39 is 56.9 Å². The second-order valence-electron chi connectivity index (χ2n) is 8.89. The SMILES string of the molecule is Cc1cnc(-c2cnc(C(F)(F)F)nc2)cc1CCC(=O)[C@@H]1C[C@@H](F)[C@H](C)N1S(=O)(=O)c1ncccc1F. The van der Waals surface area contributed by atoms with Crippen LogP contribution in [0.4, 0.5) is 22.0 Å². The molecule has 1 aliphatic heterocycles. The molecule has 0 saturated carbocycles. The lowest BCUT2D eigenvalue weighted by Gasteiger charge is -2.26. The van der Waals surface area contributed by atoms with E-state index in [-0.39, 0.29) is 30.5 Å². The molecular formula is C24H22F5N5O3S. The molecule has 0 spiro atoms. The van der Waals surface area contributed by atoms with Crippen LogP contribution in [-0.2, 0) is 27.4 Å². The van der Waals surface area contributed by atoms with Gasteiger partial charge in [-0.15, -0.1) is 0 Å². The zero-order valence-corrected chi connectivity index (χ0v) is 21.0. The molecule has 1 aliphatic rings. The Morgan fingerprint density at radius 2 is 1.82 bits per heavy atom. The van der Waals surface area contributed by atoms with Gasteiger partial charge in [-0.25, -0.2) is 32.2 Å². The lowest BCUT2D eigenvalue weighted by molar-refractivity contribution is -0.145. The lowest BCUT2D eigenvalue weighted by atomic mass is 9.99. The fourth-order valence-corrected chi connectivity index (χ4v) is 6.12. The number of alkyl halides is 4. The molecule has 14 heteroatoms. The van der Waals surface area contributed by atoms with Crippen LogP contribution in [0.15, 0.2) is 48.0 Å². The minimum Gasteiger partial charge on any atom is -0.298 e. The van der Waals surface area contributed by atoms with Gasteiger partial charge in [-0.3, -0.25) is 9.78 Å². The van der Waals surface area contributed by atoms with Gasteiger partial charge in [-0.2, -0.15) is 17.5 Å². The molecule has 8 nitrogen and oxygen atoms in total. The number of hydrogen-bond donors (Lipinski definition) is 0. The van der Waals surface area contributed by atoms with Crippen molar-refractivity contribution in [1.29, 1.82) is 0 Å². The number of Topliss-reactive ketones (excluding diaryl/α,β-unsaturated/α-hetero) is 1. The first-order chi connectivity index (χ1) is 17.8. The number of aryl methyl sites for hydroxylation is 2.